The summed E-state index contributed by atoms with van der Waals surface area (Å²) in [6.07, 6.45) is 5.86. The van der Waals surface area contributed by atoms with Gasteiger partial charge in [0.05, 0.1) is 16.4 Å². The molecular formula is C21H28ClN3O2. The van der Waals surface area contributed by atoms with Crippen LogP contribution in [-0.2, 0) is 11.2 Å². The van der Waals surface area contributed by atoms with Gasteiger partial charge in [-0.15, -0.1) is 0 Å². The van der Waals surface area contributed by atoms with Crippen LogP contribution in [0.25, 0.3) is 0 Å². The fraction of sp³-hybridized carbons (Fsp3) is 0.476. The molecule has 1 aromatic carbocycles. The second kappa shape index (κ2) is 10.3. The predicted molar refractivity (Wildman–Crippen MR) is 109 cm³/mol. The van der Waals surface area contributed by atoms with Crippen molar-refractivity contribution in [3.05, 3.63) is 46.2 Å². The lowest BCUT2D eigenvalue weighted by Crippen LogP contribution is -2.18. The van der Waals surface area contributed by atoms with E-state index >= 15 is 0 Å². The summed E-state index contributed by atoms with van der Waals surface area (Å²) >= 11 is 6.03. The van der Waals surface area contributed by atoms with Gasteiger partial charge < -0.3 is 5.32 Å². The number of nitrogens with one attached hydrogen (secondary N) is 1. The minimum atomic E-state index is -0.238. The number of hydrogen-bond acceptors (Lipinski definition) is 3. The predicted octanol–water partition coefficient (Wildman–Crippen LogP) is 5.34. The van der Waals surface area contributed by atoms with E-state index in [2.05, 4.69) is 17.3 Å². The zero-order chi connectivity index (χ0) is 19.8. The summed E-state index contributed by atoms with van der Waals surface area (Å²) in [4.78, 5) is 24.6. The number of unbranched alkanes of at least 4 members (excludes halogenated alkanes) is 3. The van der Waals surface area contributed by atoms with E-state index in [4.69, 9.17) is 11.6 Å². The van der Waals surface area contributed by atoms with Crippen molar-refractivity contribution in [1.29, 1.82) is 0 Å². The average molecular weight is 390 g/mol. The zero-order valence-electron chi connectivity index (χ0n) is 16.3. The highest BCUT2D eigenvalue weighted by Gasteiger charge is 2.17. The number of aromatic nitrogens is 2. The van der Waals surface area contributed by atoms with Crippen LogP contribution in [0.1, 0.15) is 67.2 Å². The van der Waals surface area contributed by atoms with Gasteiger partial charge in [-0.2, -0.15) is 5.10 Å². The van der Waals surface area contributed by atoms with Crippen LogP contribution in [0.15, 0.2) is 24.3 Å². The van der Waals surface area contributed by atoms with Crippen LogP contribution in [0, 0.1) is 13.8 Å². The Labute approximate surface area is 166 Å². The molecule has 5 nitrogen and oxygen atoms in total. The van der Waals surface area contributed by atoms with E-state index < -0.39 is 0 Å². The number of carbonyl (C=O) groups excluding carboxylic acids is 2. The summed E-state index contributed by atoms with van der Waals surface area (Å²) in [5, 5.41) is 7.61. The summed E-state index contributed by atoms with van der Waals surface area (Å²) in [7, 11) is 0. The van der Waals surface area contributed by atoms with Gasteiger partial charge in [-0.05, 0) is 44.4 Å². The molecule has 2 rings (SSSR count). The van der Waals surface area contributed by atoms with Crippen molar-refractivity contribution in [1.82, 2.24) is 9.78 Å². The van der Waals surface area contributed by atoms with Crippen LogP contribution in [0.4, 0.5) is 5.69 Å². The van der Waals surface area contributed by atoms with Crippen LogP contribution in [-0.4, -0.2) is 21.6 Å². The molecule has 0 radical (unpaired) electrons. The van der Waals surface area contributed by atoms with Crippen molar-refractivity contribution < 1.29 is 9.59 Å². The Bertz CT molecular complexity index is 799. The molecule has 0 aliphatic rings. The Balaban J connectivity index is 1.92. The maximum absolute atomic E-state index is 12.5. The summed E-state index contributed by atoms with van der Waals surface area (Å²) in [6, 6.07) is 7.03. The Kier molecular flexibility index (Phi) is 8.04. The van der Waals surface area contributed by atoms with E-state index in [1.165, 1.54) is 23.9 Å². The number of hydrogen-bond donors (Lipinski definition) is 1. The van der Waals surface area contributed by atoms with Gasteiger partial charge in [0.1, 0.15) is 0 Å². The maximum Gasteiger partial charge on any atom is 0.247 e. The van der Waals surface area contributed by atoms with Crippen molar-refractivity contribution >= 4 is 29.1 Å². The molecule has 146 valence electrons. The summed E-state index contributed by atoms with van der Waals surface area (Å²) in [5.74, 6) is -0.400. The molecule has 0 atom stereocenters. The van der Waals surface area contributed by atoms with E-state index in [1.807, 2.05) is 13.8 Å². The van der Waals surface area contributed by atoms with Crippen LogP contribution in [0.3, 0.4) is 0 Å². The molecule has 0 bridgehead atoms. The number of para-hydroxylation sites is 1. The first-order valence-corrected chi connectivity index (χ1v) is 9.94. The lowest BCUT2D eigenvalue weighted by Gasteiger charge is -2.07. The van der Waals surface area contributed by atoms with E-state index in [1.54, 1.807) is 24.3 Å². The van der Waals surface area contributed by atoms with Crippen molar-refractivity contribution in [2.45, 2.75) is 65.7 Å². The number of rotatable bonds is 9. The van der Waals surface area contributed by atoms with Gasteiger partial charge in [-0.1, -0.05) is 49.9 Å². The Morgan fingerprint density at radius 2 is 1.85 bits per heavy atom. The molecule has 1 amide bonds. The van der Waals surface area contributed by atoms with E-state index in [0.29, 0.717) is 10.7 Å². The standard InChI is InChI=1S/C21H28ClN3O2/c1-4-5-6-7-10-17-15(2)24-25(16(17)3)21(27)14-13-20(26)23-19-12-9-8-11-18(19)22/h8-9,11-12H,4-7,10,13-14H2,1-3H3,(H,23,26). The monoisotopic (exact) mass is 389 g/mol. The molecule has 0 unspecified atom stereocenters. The lowest BCUT2D eigenvalue weighted by atomic mass is 10.0. The molecule has 1 N–H and O–H groups in total. The molecule has 27 heavy (non-hydrogen) atoms. The fourth-order valence-corrected chi connectivity index (χ4v) is 3.29. The van der Waals surface area contributed by atoms with E-state index in [-0.39, 0.29) is 24.7 Å². The number of anilines is 1. The maximum atomic E-state index is 12.5. The number of benzene rings is 1. The quantitative estimate of drug-likeness (QED) is 0.589. The largest absolute Gasteiger partial charge is 0.325 e. The van der Waals surface area contributed by atoms with E-state index in [9.17, 15) is 9.59 Å². The minimum Gasteiger partial charge on any atom is -0.325 e. The van der Waals surface area contributed by atoms with Gasteiger partial charge in [0.2, 0.25) is 11.8 Å². The number of carbonyl (C=O) groups is 2. The first-order chi connectivity index (χ1) is 12.9. The molecule has 1 aromatic heterocycles. The Morgan fingerprint density at radius 3 is 2.56 bits per heavy atom. The number of amides is 1. The van der Waals surface area contributed by atoms with Crippen molar-refractivity contribution in [3.63, 3.8) is 0 Å². The van der Waals surface area contributed by atoms with Gasteiger partial charge in [-0.3, -0.25) is 9.59 Å². The summed E-state index contributed by atoms with van der Waals surface area (Å²) < 4.78 is 1.45. The minimum absolute atomic E-state index is 0.0915. The third kappa shape index (κ3) is 5.93. The van der Waals surface area contributed by atoms with Crippen LogP contribution in [0.2, 0.25) is 5.02 Å². The van der Waals surface area contributed by atoms with Gasteiger partial charge in [-0.25, -0.2) is 4.68 Å². The van der Waals surface area contributed by atoms with Crippen molar-refractivity contribution in [2.75, 3.05) is 5.32 Å². The topological polar surface area (TPSA) is 64.0 Å². The van der Waals surface area contributed by atoms with Gasteiger partial charge >= 0.3 is 0 Å². The highest BCUT2D eigenvalue weighted by atomic mass is 35.5. The molecular weight excluding hydrogens is 362 g/mol. The lowest BCUT2D eigenvalue weighted by molar-refractivity contribution is -0.116. The summed E-state index contributed by atoms with van der Waals surface area (Å²) in [6.45, 7) is 6.06. The van der Waals surface area contributed by atoms with E-state index in [0.717, 1.165) is 29.8 Å². The molecule has 0 fully saturated rings. The molecule has 2 aromatic rings. The second-order valence-corrected chi connectivity index (χ2v) is 7.20. The number of nitrogens with zero attached hydrogens (tertiary/aromatic N) is 2. The molecule has 0 saturated heterocycles. The highest BCUT2D eigenvalue weighted by Crippen LogP contribution is 2.21. The number of halogens is 1. The van der Waals surface area contributed by atoms with Crippen LogP contribution < -0.4 is 5.32 Å². The molecule has 0 aliphatic carbocycles. The van der Waals surface area contributed by atoms with Crippen molar-refractivity contribution in [3.8, 4) is 0 Å². The molecule has 1 heterocycles. The van der Waals surface area contributed by atoms with Gasteiger partial charge in [0, 0.05) is 18.5 Å². The Morgan fingerprint density at radius 1 is 1.11 bits per heavy atom. The molecule has 0 aliphatic heterocycles. The van der Waals surface area contributed by atoms with Crippen LogP contribution in [0.5, 0.6) is 0 Å². The zero-order valence-corrected chi connectivity index (χ0v) is 17.1. The average Bonchev–Trinajstić information content (AvgIpc) is 2.93. The first kappa shape index (κ1) is 21.2. The number of aryl methyl sites for hydroxylation is 1. The molecule has 6 heteroatoms. The highest BCUT2D eigenvalue weighted by molar-refractivity contribution is 6.33. The second-order valence-electron chi connectivity index (χ2n) is 6.79. The molecule has 0 saturated carbocycles. The fourth-order valence-electron chi connectivity index (χ4n) is 3.11. The Hall–Kier alpha value is -2.14. The first-order valence-electron chi connectivity index (χ1n) is 9.56. The van der Waals surface area contributed by atoms with Crippen LogP contribution >= 0.6 is 11.6 Å². The van der Waals surface area contributed by atoms with Crippen molar-refractivity contribution in [2.24, 2.45) is 0 Å². The molecule has 0 spiro atoms. The normalized spacial score (nSPS) is 10.8. The smallest absolute Gasteiger partial charge is 0.247 e. The van der Waals surface area contributed by atoms with Gasteiger partial charge in [0.25, 0.3) is 0 Å². The third-order valence-electron chi connectivity index (χ3n) is 4.67. The SMILES string of the molecule is CCCCCCc1c(C)nn(C(=O)CCC(=O)Nc2ccccc2Cl)c1C. The summed E-state index contributed by atoms with van der Waals surface area (Å²) in [5.41, 5.74) is 3.50. The third-order valence-corrected chi connectivity index (χ3v) is 5.00. The van der Waals surface area contributed by atoms with Gasteiger partial charge in [0.15, 0.2) is 0 Å².